The Balaban J connectivity index is 1.79. The molecule has 2 aliphatic rings. The van der Waals surface area contributed by atoms with E-state index in [1.54, 1.807) is 7.11 Å². The average molecular weight is 383 g/mol. The molecule has 0 atom stereocenters. The number of carbonyl (C=O) groups is 1. The van der Waals surface area contributed by atoms with E-state index in [4.69, 9.17) is 9.47 Å². The molecule has 1 aromatic heterocycles. The number of aromatic nitrogens is 1. The molecule has 0 saturated heterocycles. The van der Waals surface area contributed by atoms with Gasteiger partial charge in [0.15, 0.2) is 16.9 Å². The van der Waals surface area contributed by atoms with Crippen LogP contribution in [-0.4, -0.2) is 29.4 Å². The van der Waals surface area contributed by atoms with Crippen molar-refractivity contribution in [3.05, 3.63) is 45.7 Å². The lowest BCUT2D eigenvalue weighted by molar-refractivity contribution is 0.0694. The van der Waals surface area contributed by atoms with Gasteiger partial charge in [-0.25, -0.2) is 4.79 Å². The van der Waals surface area contributed by atoms with Crippen molar-refractivity contribution in [1.82, 2.24) is 4.57 Å². The second-order valence-electron chi connectivity index (χ2n) is 7.73. The number of fused-ring (bicyclic) bond motifs is 4. The van der Waals surface area contributed by atoms with Crippen LogP contribution in [0.2, 0.25) is 0 Å². The maximum absolute atomic E-state index is 12.3. The summed E-state index contributed by atoms with van der Waals surface area (Å²) in [6.07, 6.45) is 7.51. The van der Waals surface area contributed by atoms with Gasteiger partial charge in [0, 0.05) is 23.4 Å². The number of ether oxygens (including phenoxy) is 2. The van der Waals surface area contributed by atoms with Crippen LogP contribution >= 0.6 is 0 Å². The van der Waals surface area contributed by atoms with Gasteiger partial charge < -0.3 is 19.1 Å². The van der Waals surface area contributed by atoms with Crippen molar-refractivity contribution in [2.75, 3.05) is 13.7 Å². The number of hydrogen-bond acceptors (Lipinski definition) is 4. The maximum atomic E-state index is 12.3. The molecule has 0 unspecified atom stereocenters. The summed E-state index contributed by atoms with van der Waals surface area (Å²) in [5.41, 5.74) is 2.00. The standard InChI is InChI=1S/C22H25NO5/c1-3-4-5-8-28-20-9-14-12-22(6-7-22)23-13-16(21(25)26)18(24)11-17(23)15(14)10-19(20)27-2/h9-11,13H,3-8,12H2,1-2H3,(H,25,26). The van der Waals surface area contributed by atoms with E-state index in [2.05, 4.69) is 6.92 Å². The van der Waals surface area contributed by atoms with Crippen molar-refractivity contribution in [2.45, 2.75) is 51.0 Å². The number of carboxylic acid groups (broad SMARTS) is 1. The van der Waals surface area contributed by atoms with Crippen LogP contribution in [-0.2, 0) is 12.0 Å². The van der Waals surface area contributed by atoms with Crippen LogP contribution < -0.4 is 14.9 Å². The van der Waals surface area contributed by atoms with Gasteiger partial charge in [-0.15, -0.1) is 0 Å². The smallest absolute Gasteiger partial charge is 0.341 e. The van der Waals surface area contributed by atoms with Gasteiger partial charge in [0.25, 0.3) is 0 Å². The number of hydrogen-bond donors (Lipinski definition) is 1. The molecule has 1 aliphatic heterocycles. The summed E-state index contributed by atoms with van der Waals surface area (Å²) < 4.78 is 13.5. The highest BCUT2D eigenvalue weighted by Crippen LogP contribution is 2.53. The van der Waals surface area contributed by atoms with Gasteiger partial charge in [0.05, 0.1) is 19.4 Å². The molecule has 1 N–H and O–H groups in total. The van der Waals surface area contributed by atoms with E-state index in [1.807, 2.05) is 16.7 Å². The minimum Gasteiger partial charge on any atom is -0.493 e. The number of nitrogens with zero attached hydrogens (tertiary/aromatic N) is 1. The summed E-state index contributed by atoms with van der Waals surface area (Å²) in [5, 5.41) is 9.34. The third-order valence-electron chi connectivity index (χ3n) is 5.81. The Morgan fingerprint density at radius 1 is 1.21 bits per heavy atom. The lowest BCUT2D eigenvalue weighted by Gasteiger charge is -2.31. The van der Waals surface area contributed by atoms with Crippen molar-refractivity contribution < 1.29 is 19.4 Å². The van der Waals surface area contributed by atoms with Crippen molar-refractivity contribution >= 4 is 5.97 Å². The molecule has 0 radical (unpaired) electrons. The summed E-state index contributed by atoms with van der Waals surface area (Å²) in [4.78, 5) is 23.8. The van der Waals surface area contributed by atoms with Crippen LogP contribution in [0.1, 0.15) is 54.9 Å². The highest BCUT2D eigenvalue weighted by Gasteiger charge is 2.48. The van der Waals surface area contributed by atoms with Crippen molar-refractivity contribution in [3.8, 4) is 22.8 Å². The number of methoxy groups -OCH3 is 1. The van der Waals surface area contributed by atoms with E-state index in [9.17, 15) is 14.7 Å². The number of carboxylic acids is 1. The van der Waals surface area contributed by atoms with E-state index in [0.29, 0.717) is 12.4 Å². The lowest BCUT2D eigenvalue weighted by atomic mass is 9.90. The van der Waals surface area contributed by atoms with Gasteiger partial charge in [0.1, 0.15) is 5.56 Å². The molecule has 1 fully saturated rings. The van der Waals surface area contributed by atoms with Crippen LogP contribution in [0.15, 0.2) is 29.2 Å². The van der Waals surface area contributed by atoms with E-state index in [0.717, 1.165) is 61.1 Å². The molecule has 1 spiro atoms. The van der Waals surface area contributed by atoms with Gasteiger partial charge in [-0.05, 0) is 43.4 Å². The number of unbranched alkanes of at least 4 members (excludes halogenated alkanes) is 2. The Labute approximate surface area is 163 Å². The molecule has 28 heavy (non-hydrogen) atoms. The quantitative estimate of drug-likeness (QED) is 0.735. The second kappa shape index (κ2) is 7.00. The van der Waals surface area contributed by atoms with E-state index in [-0.39, 0.29) is 11.1 Å². The molecule has 6 nitrogen and oxygen atoms in total. The first-order valence-corrected chi connectivity index (χ1v) is 9.83. The third-order valence-corrected chi connectivity index (χ3v) is 5.81. The van der Waals surface area contributed by atoms with Crippen LogP contribution in [0.4, 0.5) is 0 Å². The number of pyridine rings is 1. The fourth-order valence-electron chi connectivity index (χ4n) is 4.09. The minimum atomic E-state index is -1.18. The summed E-state index contributed by atoms with van der Waals surface area (Å²) in [6, 6.07) is 5.38. The molecular weight excluding hydrogens is 358 g/mol. The minimum absolute atomic E-state index is 0.131. The number of aromatic carboxylic acids is 1. The maximum Gasteiger partial charge on any atom is 0.341 e. The Hall–Kier alpha value is -2.76. The van der Waals surface area contributed by atoms with Gasteiger partial charge in [-0.1, -0.05) is 19.8 Å². The topological polar surface area (TPSA) is 77.8 Å². The largest absolute Gasteiger partial charge is 0.493 e. The molecule has 1 saturated carbocycles. The fraction of sp³-hybridized carbons (Fsp3) is 0.455. The van der Waals surface area contributed by atoms with E-state index in [1.165, 1.54) is 12.3 Å². The zero-order chi connectivity index (χ0) is 19.9. The fourth-order valence-corrected chi connectivity index (χ4v) is 4.09. The summed E-state index contributed by atoms with van der Waals surface area (Å²) in [5.74, 6) is 0.171. The first-order valence-electron chi connectivity index (χ1n) is 9.83. The van der Waals surface area contributed by atoms with Gasteiger partial charge >= 0.3 is 5.97 Å². The molecule has 0 bridgehead atoms. The summed E-state index contributed by atoms with van der Waals surface area (Å²) in [6.45, 7) is 2.80. The molecule has 1 aliphatic carbocycles. The Kier molecular flexibility index (Phi) is 4.65. The zero-order valence-corrected chi connectivity index (χ0v) is 16.3. The number of rotatable bonds is 7. The Morgan fingerprint density at radius 2 is 2.00 bits per heavy atom. The third kappa shape index (κ3) is 3.07. The van der Waals surface area contributed by atoms with Crippen LogP contribution in [0, 0.1) is 0 Å². The van der Waals surface area contributed by atoms with Gasteiger partial charge in [0.2, 0.25) is 0 Å². The predicted octanol–water partition coefficient (Wildman–Crippen LogP) is 3.84. The van der Waals surface area contributed by atoms with E-state index >= 15 is 0 Å². The average Bonchev–Trinajstić information content (AvgIpc) is 3.44. The van der Waals surface area contributed by atoms with Crippen LogP contribution in [0.25, 0.3) is 11.3 Å². The SMILES string of the molecule is CCCCCOc1cc2c(cc1OC)-c1cc(=O)c(C(=O)O)cn1C1(CC1)C2. The molecule has 2 heterocycles. The molecule has 2 aromatic rings. The predicted molar refractivity (Wildman–Crippen MR) is 106 cm³/mol. The first kappa shape index (κ1) is 18.6. The Bertz CT molecular complexity index is 987. The molecule has 6 heteroatoms. The van der Waals surface area contributed by atoms with Gasteiger partial charge in [-0.3, -0.25) is 4.79 Å². The monoisotopic (exact) mass is 383 g/mol. The molecule has 0 amide bonds. The molecule has 148 valence electrons. The van der Waals surface area contributed by atoms with Crippen LogP contribution in [0.3, 0.4) is 0 Å². The first-order chi connectivity index (χ1) is 13.5. The Morgan fingerprint density at radius 3 is 2.64 bits per heavy atom. The van der Waals surface area contributed by atoms with E-state index < -0.39 is 11.4 Å². The highest BCUT2D eigenvalue weighted by atomic mass is 16.5. The van der Waals surface area contributed by atoms with Crippen LogP contribution in [0.5, 0.6) is 11.5 Å². The summed E-state index contributed by atoms with van der Waals surface area (Å²) in [7, 11) is 1.60. The molecule has 4 rings (SSSR count). The second-order valence-corrected chi connectivity index (χ2v) is 7.73. The lowest BCUT2D eigenvalue weighted by Crippen LogP contribution is -2.30. The summed E-state index contributed by atoms with van der Waals surface area (Å²) >= 11 is 0. The van der Waals surface area contributed by atoms with Crippen molar-refractivity contribution in [1.29, 1.82) is 0 Å². The number of benzene rings is 1. The molecular formula is C22H25NO5. The zero-order valence-electron chi connectivity index (χ0n) is 16.3. The normalized spacial score (nSPS) is 15.6. The highest BCUT2D eigenvalue weighted by molar-refractivity contribution is 5.88. The molecule has 1 aromatic carbocycles. The van der Waals surface area contributed by atoms with Crippen molar-refractivity contribution in [2.24, 2.45) is 0 Å². The van der Waals surface area contributed by atoms with Crippen molar-refractivity contribution in [3.63, 3.8) is 0 Å². The van der Waals surface area contributed by atoms with Gasteiger partial charge in [-0.2, -0.15) is 0 Å².